The zero-order chi connectivity index (χ0) is 12.2. The predicted molar refractivity (Wildman–Crippen MR) is 63.0 cm³/mol. The van der Waals surface area contributed by atoms with E-state index >= 15 is 0 Å². The highest BCUT2D eigenvalue weighted by atomic mass is 19.1. The Morgan fingerprint density at radius 2 is 2.19 bits per heavy atom. The van der Waals surface area contributed by atoms with E-state index in [1.807, 2.05) is 20.8 Å². The maximum Gasteiger partial charge on any atom is 0.225 e. The van der Waals surface area contributed by atoms with Crippen LogP contribution < -0.4 is 5.32 Å². The molecule has 1 fully saturated rings. The Bertz CT molecular complexity index is 236. The summed E-state index contributed by atoms with van der Waals surface area (Å²) in [6, 6.07) is 0.187. The molecule has 1 heterocycles. The number of nitrogens with one attached hydrogen (secondary N) is 1. The number of amides is 1. The first-order chi connectivity index (χ1) is 7.43. The summed E-state index contributed by atoms with van der Waals surface area (Å²) in [5.41, 5.74) is -0.345. The molecule has 1 N–H and O–H groups in total. The number of likely N-dealkylation sites (tertiary alicyclic amines) is 1. The average molecular weight is 230 g/mol. The van der Waals surface area contributed by atoms with E-state index in [9.17, 15) is 9.18 Å². The molecule has 1 saturated heterocycles. The summed E-state index contributed by atoms with van der Waals surface area (Å²) < 4.78 is 12.2. The van der Waals surface area contributed by atoms with Gasteiger partial charge in [0.15, 0.2) is 0 Å². The van der Waals surface area contributed by atoms with Crippen LogP contribution in [-0.4, -0.2) is 43.2 Å². The standard InChI is InChI=1S/C12H23FN2O/c1-12(2,3)11(16)14-10-5-4-7-15(9-10)8-6-13/h10H,4-9H2,1-3H3,(H,14,16). The van der Waals surface area contributed by atoms with Crippen molar-refractivity contribution in [1.82, 2.24) is 10.2 Å². The zero-order valence-corrected chi connectivity index (χ0v) is 10.6. The van der Waals surface area contributed by atoms with E-state index in [2.05, 4.69) is 10.2 Å². The fraction of sp³-hybridized carbons (Fsp3) is 0.917. The highest BCUT2D eigenvalue weighted by Crippen LogP contribution is 2.15. The van der Waals surface area contributed by atoms with Crippen LogP contribution in [-0.2, 0) is 4.79 Å². The third-order valence-electron chi connectivity index (χ3n) is 2.92. The van der Waals surface area contributed by atoms with E-state index in [1.54, 1.807) is 0 Å². The molecule has 1 rings (SSSR count). The molecular weight excluding hydrogens is 207 g/mol. The number of hydrogen-bond acceptors (Lipinski definition) is 2. The normalized spacial score (nSPS) is 23.1. The van der Waals surface area contributed by atoms with E-state index in [-0.39, 0.29) is 24.0 Å². The maximum absolute atomic E-state index is 12.2. The van der Waals surface area contributed by atoms with Gasteiger partial charge in [0.2, 0.25) is 5.91 Å². The zero-order valence-electron chi connectivity index (χ0n) is 10.6. The maximum atomic E-state index is 12.2. The Labute approximate surface area is 97.4 Å². The average Bonchev–Trinajstić information content (AvgIpc) is 2.17. The second kappa shape index (κ2) is 5.62. The highest BCUT2D eigenvalue weighted by Gasteiger charge is 2.26. The van der Waals surface area contributed by atoms with Crippen molar-refractivity contribution in [2.45, 2.75) is 39.7 Å². The van der Waals surface area contributed by atoms with Crippen LogP contribution in [0, 0.1) is 5.41 Å². The van der Waals surface area contributed by atoms with Crippen molar-refractivity contribution in [3.05, 3.63) is 0 Å². The Balaban J connectivity index is 2.40. The van der Waals surface area contributed by atoms with Crippen LogP contribution in [0.15, 0.2) is 0 Å². The van der Waals surface area contributed by atoms with Crippen molar-refractivity contribution in [2.24, 2.45) is 5.41 Å². The minimum Gasteiger partial charge on any atom is -0.352 e. The Morgan fingerprint density at radius 1 is 1.50 bits per heavy atom. The molecule has 0 bridgehead atoms. The minimum atomic E-state index is -0.345. The lowest BCUT2D eigenvalue weighted by Gasteiger charge is -2.33. The Kier molecular flexibility index (Phi) is 4.71. The topological polar surface area (TPSA) is 32.3 Å². The highest BCUT2D eigenvalue weighted by molar-refractivity contribution is 5.81. The first-order valence-electron chi connectivity index (χ1n) is 6.03. The van der Waals surface area contributed by atoms with E-state index < -0.39 is 0 Å². The fourth-order valence-corrected chi connectivity index (χ4v) is 1.90. The summed E-state index contributed by atoms with van der Waals surface area (Å²) in [5, 5.41) is 3.04. The van der Waals surface area contributed by atoms with Gasteiger partial charge in [-0.05, 0) is 19.4 Å². The number of hydrogen-bond donors (Lipinski definition) is 1. The monoisotopic (exact) mass is 230 g/mol. The smallest absolute Gasteiger partial charge is 0.225 e. The first-order valence-corrected chi connectivity index (χ1v) is 6.03. The SMILES string of the molecule is CC(C)(C)C(=O)NC1CCCN(CCF)C1. The van der Waals surface area contributed by atoms with Crippen LogP contribution in [0.25, 0.3) is 0 Å². The van der Waals surface area contributed by atoms with Gasteiger partial charge < -0.3 is 5.32 Å². The molecule has 1 aliphatic rings. The van der Waals surface area contributed by atoms with Crippen molar-refractivity contribution in [1.29, 1.82) is 0 Å². The van der Waals surface area contributed by atoms with Crippen molar-refractivity contribution >= 4 is 5.91 Å². The third-order valence-corrected chi connectivity index (χ3v) is 2.92. The van der Waals surface area contributed by atoms with Crippen LogP contribution in [0.2, 0.25) is 0 Å². The number of piperidine rings is 1. The molecule has 0 saturated carbocycles. The number of carbonyl (C=O) groups excluding carboxylic acids is 1. The molecule has 1 aliphatic heterocycles. The molecule has 3 nitrogen and oxygen atoms in total. The van der Waals surface area contributed by atoms with E-state index in [0.29, 0.717) is 6.54 Å². The summed E-state index contributed by atoms with van der Waals surface area (Å²) in [7, 11) is 0. The van der Waals surface area contributed by atoms with Crippen molar-refractivity contribution in [3.63, 3.8) is 0 Å². The molecule has 1 amide bonds. The summed E-state index contributed by atoms with van der Waals surface area (Å²) in [6.07, 6.45) is 2.04. The molecule has 94 valence electrons. The lowest BCUT2D eigenvalue weighted by atomic mass is 9.94. The Morgan fingerprint density at radius 3 is 2.75 bits per heavy atom. The van der Waals surface area contributed by atoms with Crippen LogP contribution in [0.3, 0.4) is 0 Å². The molecule has 0 aliphatic carbocycles. The number of alkyl halides is 1. The number of carbonyl (C=O) groups is 1. The number of nitrogens with zero attached hydrogens (tertiary/aromatic N) is 1. The molecule has 0 aromatic rings. The van der Waals surface area contributed by atoms with Gasteiger partial charge in [0.25, 0.3) is 0 Å². The molecule has 1 unspecified atom stereocenters. The van der Waals surface area contributed by atoms with Gasteiger partial charge >= 0.3 is 0 Å². The lowest BCUT2D eigenvalue weighted by Crippen LogP contribution is -2.50. The minimum absolute atomic E-state index is 0.0830. The van der Waals surface area contributed by atoms with Crippen LogP contribution in [0.4, 0.5) is 4.39 Å². The second-order valence-electron chi connectivity index (χ2n) is 5.55. The molecule has 0 aromatic carbocycles. The van der Waals surface area contributed by atoms with Crippen molar-refractivity contribution in [3.8, 4) is 0 Å². The van der Waals surface area contributed by atoms with E-state index in [0.717, 1.165) is 25.9 Å². The molecule has 16 heavy (non-hydrogen) atoms. The van der Waals surface area contributed by atoms with Gasteiger partial charge in [0.1, 0.15) is 6.67 Å². The number of halogens is 1. The molecule has 4 heteroatoms. The fourth-order valence-electron chi connectivity index (χ4n) is 1.90. The molecule has 0 radical (unpaired) electrons. The molecular formula is C12H23FN2O. The summed E-state index contributed by atoms with van der Waals surface area (Å²) in [5.74, 6) is 0.0830. The van der Waals surface area contributed by atoms with Gasteiger partial charge in [-0.2, -0.15) is 0 Å². The molecule has 1 atom stereocenters. The molecule has 0 aromatic heterocycles. The van der Waals surface area contributed by atoms with Gasteiger partial charge in [0.05, 0.1) is 0 Å². The van der Waals surface area contributed by atoms with Gasteiger partial charge in [0, 0.05) is 24.5 Å². The second-order valence-corrected chi connectivity index (χ2v) is 5.55. The lowest BCUT2D eigenvalue weighted by molar-refractivity contribution is -0.129. The van der Waals surface area contributed by atoms with Gasteiger partial charge in [-0.15, -0.1) is 0 Å². The Hall–Kier alpha value is -0.640. The summed E-state index contributed by atoms with van der Waals surface area (Å²) in [4.78, 5) is 13.9. The quantitative estimate of drug-likeness (QED) is 0.798. The summed E-state index contributed by atoms with van der Waals surface area (Å²) in [6.45, 7) is 7.64. The summed E-state index contributed by atoms with van der Waals surface area (Å²) >= 11 is 0. The van der Waals surface area contributed by atoms with Crippen molar-refractivity contribution in [2.75, 3.05) is 26.3 Å². The van der Waals surface area contributed by atoms with Crippen LogP contribution in [0.1, 0.15) is 33.6 Å². The van der Waals surface area contributed by atoms with E-state index in [1.165, 1.54) is 0 Å². The first kappa shape index (κ1) is 13.4. The van der Waals surface area contributed by atoms with Crippen LogP contribution >= 0.6 is 0 Å². The van der Waals surface area contributed by atoms with Crippen LogP contribution in [0.5, 0.6) is 0 Å². The third kappa shape index (κ3) is 4.08. The largest absolute Gasteiger partial charge is 0.352 e. The van der Waals surface area contributed by atoms with Crippen molar-refractivity contribution < 1.29 is 9.18 Å². The predicted octanol–water partition coefficient (Wildman–Crippen LogP) is 1.58. The van der Waals surface area contributed by atoms with Gasteiger partial charge in [-0.3, -0.25) is 9.69 Å². The van der Waals surface area contributed by atoms with Gasteiger partial charge in [-0.25, -0.2) is 4.39 Å². The van der Waals surface area contributed by atoms with E-state index in [4.69, 9.17) is 0 Å². The number of rotatable bonds is 3. The van der Waals surface area contributed by atoms with Gasteiger partial charge in [-0.1, -0.05) is 20.8 Å². The molecule has 0 spiro atoms.